The van der Waals surface area contributed by atoms with Gasteiger partial charge in [-0.3, -0.25) is 4.90 Å². The average Bonchev–Trinajstić information content (AvgIpc) is 2.49. The minimum absolute atomic E-state index is 0.185. The number of piperazine rings is 1. The fraction of sp³-hybridized carbons (Fsp3) is 0.647. The van der Waals surface area contributed by atoms with Crippen molar-refractivity contribution < 1.29 is 4.39 Å². The second kappa shape index (κ2) is 7.70. The number of halogens is 2. The molecule has 0 aromatic heterocycles. The highest BCUT2D eigenvalue weighted by molar-refractivity contribution is 9.10. The smallest absolute Gasteiger partial charge is 0.124 e. The Balaban J connectivity index is 2.10. The summed E-state index contributed by atoms with van der Waals surface area (Å²) in [7, 11) is 0. The fourth-order valence-electron chi connectivity index (χ4n) is 3.01. The number of hydrogen-bond donors (Lipinski definition) is 1. The summed E-state index contributed by atoms with van der Waals surface area (Å²) in [4.78, 5) is 2.55. The molecule has 1 aliphatic heterocycles. The van der Waals surface area contributed by atoms with Crippen LogP contribution in [0.5, 0.6) is 0 Å². The molecule has 118 valence electrons. The molecule has 0 saturated carbocycles. The summed E-state index contributed by atoms with van der Waals surface area (Å²) < 4.78 is 14.1. The molecule has 0 aliphatic carbocycles. The molecule has 0 bridgehead atoms. The lowest BCUT2D eigenvalue weighted by Gasteiger charge is -2.42. The third-order valence-corrected chi connectivity index (χ3v) is 5.49. The second-order valence-corrected chi connectivity index (χ2v) is 6.98. The summed E-state index contributed by atoms with van der Waals surface area (Å²) in [5.41, 5.74) is 1.17. The van der Waals surface area contributed by atoms with Crippen LogP contribution in [0.3, 0.4) is 0 Å². The Kier molecular flexibility index (Phi) is 6.20. The van der Waals surface area contributed by atoms with Gasteiger partial charge in [0.25, 0.3) is 0 Å². The molecule has 0 amide bonds. The summed E-state index contributed by atoms with van der Waals surface area (Å²) >= 11 is 3.49. The molecular weight excluding hydrogens is 331 g/mol. The first-order valence-corrected chi connectivity index (χ1v) is 8.75. The standard InChI is InChI=1S/C17H26BrFN2/c1-4-12(3)17-11-21(15(5-2)9-20-17)10-13-6-7-14(19)8-16(13)18/h6-8,12,15,17,20H,4-5,9-11H2,1-3H3. The van der Waals surface area contributed by atoms with Crippen molar-refractivity contribution in [1.29, 1.82) is 0 Å². The Morgan fingerprint density at radius 2 is 2.19 bits per heavy atom. The molecule has 1 aliphatic rings. The van der Waals surface area contributed by atoms with Gasteiger partial charge in [-0.2, -0.15) is 0 Å². The van der Waals surface area contributed by atoms with Gasteiger partial charge in [0.1, 0.15) is 5.82 Å². The van der Waals surface area contributed by atoms with Crippen molar-refractivity contribution >= 4 is 15.9 Å². The lowest BCUT2D eigenvalue weighted by atomic mass is 9.94. The van der Waals surface area contributed by atoms with Crippen LogP contribution in [-0.4, -0.2) is 30.1 Å². The van der Waals surface area contributed by atoms with Gasteiger partial charge >= 0.3 is 0 Å². The van der Waals surface area contributed by atoms with E-state index in [2.05, 4.69) is 46.9 Å². The van der Waals surface area contributed by atoms with E-state index in [0.29, 0.717) is 18.0 Å². The van der Waals surface area contributed by atoms with Gasteiger partial charge in [-0.25, -0.2) is 4.39 Å². The van der Waals surface area contributed by atoms with E-state index in [1.807, 2.05) is 6.07 Å². The van der Waals surface area contributed by atoms with E-state index in [0.717, 1.165) is 30.5 Å². The summed E-state index contributed by atoms with van der Waals surface area (Å²) in [5.74, 6) is 0.498. The molecule has 3 atom stereocenters. The Morgan fingerprint density at radius 3 is 2.81 bits per heavy atom. The van der Waals surface area contributed by atoms with Crippen molar-refractivity contribution in [3.05, 3.63) is 34.1 Å². The fourth-order valence-corrected chi connectivity index (χ4v) is 3.49. The first kappa shape index (κ1) is 16.9. The summed E-state index contributed by atoms with van der Waals surface area (Å²) in [6.45, 7) is 9.80. The highest BCUT2D eigenvalue weighted by atomic mass is 79.9. The quantitative estimate of drug-likeness (QED) is 0.850. The normalized spacial score (nSPS) is 25.0. The van der Waals surface area contributed by atoms with Crippen LogP contribution in [0.25, 0.3) is 0 Å². The maximum Gasteiger partial charge on any atom is 0.124 e. The Hall–Kier alpha value is -0.450. The lowest BCUT2D eigenvalue weighted by Crippen LogP contribution is -2.57. The van der Waals surface area contributed by atoms with Gasteiger partial charge in [0.05, 0.1) is 0 Å². The van der Waals surface area contributed by atoms with E-state index in [-0.39, 0.29) is 5.82 Å². The van der Waals surface area contributed by atoms with Crippen LogP contribution in [0.4, 0.5) is 4.39 Å². The second-order valence-electron chi connectivity index (χ2n) is 6.13. The Morgan fingerprint density at radius 1 is 1.43 bits per heavy atom. The predicted octanol–water partition coefficient (Wildman–Crippen LogP) is 4.19. The van der Waals surface area contributed by atoms with E-state index in [9.17, 15) is 4.39 Å². The number of nitrogens with one attached hydrogen (secondary N) is 1. The van der Waals surface area contributed by atoms with E-state index in [4.69, 9.17) is 0 Å². The van der Waals surface area contributed by atoms with Gasteiger partial charge in [0, 0.05) is 36.2 Å². The highest BCUT2D eigenvalue weighted by Crippen LogP contribution is 2.24. The monoisotopic (exact) mass is 356 g/mol. The SMILES string of the molecule is CCC(C)C1CN(Cc2ccc(F)cc2Br)C(CC)CN1. The van der Waals surface area contributed by atoms with Crippen LogP contribution < -0.4 is 5.32 Å². The van der Waals surface area contributed by atoms with Crippen LogP contribution >= 0.6 is 15.9 Å². The number of hydrogen-bond acceptors (Lipinski definition) is 2. The molecule has 21 heavy (non-hydrogen) atoms. The van der Waals surface area contributed by atoms with Crippen molar-refractivity contribution in [2.75, 3.05) is 13.1 Å². The zero-order chi connectivity index (χ0) is 15.4. The van der Waals surface area contributed by atoms with Crippen LogP contribution in [0.2, 0.25) is 0 Å². The van der Waals surface area contributed by atoms with Crippen LogP contribution in [-0.2, 0) is 6.54 Å². The Labute approximate surface area is 136 Å². The van der Waals surface area contributed by atoms with Gasteiger partial charge in [0.2, 0.25) is 0 Å². The first-order chi connectivity index (χ1) is 10.0. The van der Waals surface area contributed by atoms with Crippen molar-refractivity contribution in [3.63, 3.8) is 0 Å². The number of rotatable bonds is 5. The average molecular weight is 357 g/mol. The minimum Gasteiger partial charge on any atom is -0.311 e. The summed E-state index contributed by atoms with van der Waals surface area (Å²) in [6.07, 6.45) is 2.33. The van der Waals surface area contributed by atoms with Crippen LogP contribution in [0.15, 0.2) is 22.7 Å². The maximum atomic E-state index is 13.2. The van der Waals surface area contributed by atoms with E-state index < -0.39 is 0 Å². The zero-order valence-electron chi connectivity index (χ0n) is 13.2. The molecule has 1 fully saturated rings. The summed E-state index contributed by atoms with van der Waals surface area (Å²) in [6, 6.07) is 6.12. The van der Waals surface area contributed by atoms with E-state index in [1.165, 1.54) is 12.0 Å². The molecule has 2 nitrogen and oxygen atoms in total. The van der Waals surface area contributed by atoms with Crippen LogP contribution in [0, 0.1) is 11.7 Å². The predicted molar refractivity (Wildman–Crippen MR) is 89.8 cm³/mol. The Bertz CT molecular complexity index is 466. The van der Waals surface area contributed by atoms with Gasteiger partial charge in [-0.15, -0.1) is 0 Å². The molecule has 1 heterocycles. The van der Waals surface area contributed by atoms with Gasteiger partial charge in [-0.1, -0.05) is 49.2 Å². The molecule has 0 radical (unpaired) electrons. The molecule has 1 saturated heterocycles. The third-order valence-electron chi connectivity index (χ3n) is 4.75. The van der Waals surface area contributed by atoms with E-state index in [1.54, 1.807) is 12.1 Å². The molecule has 1 aromatic carbocycles. The largest absolute Gasteiger partial charge is 0.311 e. The maximum absolute atomic E-state index is 13.2. The summed E-state index contributed by atoms with van der Waals surface area (Å²) in [5, 5.41) is 3.70. The van der Waals surface area contributed by atoms with E-state index >= 15 is 0 Å². The first-order valence-electron chi connectivity index (χ1n) is 7.96. The third kappa shape index (κ3) is 4.27. The van der Waals surface area contributed by atoms with Gasteiger partial charge in [0.15, 0.2) is 0 Å². The van der Waals surface area contributed by atoms with Crippen molar-refractivity contribution in [3.8, 4) is 0 Å². The molecule has 4 heteroatoms. The topological polar surface area (TPSA) is 15.3 Å². The lowest BCUT2D eigenvalue weighted by molar-refractivity contribution is 0.0991. The van der Waals surface area contributed by atoms with Crippen molar-refractivity contribution in [1.82, 2.24) is 10.2 Å². The van der Waals surface area contributed by atoms with Crippen molar-refractivity contribution in [2.24, 2.45) is 5.92 Å². The molecule has 3 unspecified atom stereocenters. The zero-order valence-corrected chi connectivity index (χ0v) is 14.8. The minimum atomic E-state index is -0.185. The molecule has 0 spiro atoms. The van der Waals surface area contributed by atoms with Crippen molar-refractivity contribution in [2.45, 2.75) is 52.2 Å². The van der Waals surface area contributed by atoms with Gasteiger partial charge in [-0.05, 0) is 30.0 Å². The molecule has 2 rings (SSSR count). The number of benzene rings is 1. The molecule has 1 N–H and O–H groups in total. The van der Waals surface area contributed by atoms with Crippen LogP contribution in [0.1, 0.15) is 39.2 Å². The number of nitrogens with zero attached hydrogens (tertiary/aromatic N) is 1. The molecular formula is C17H26BrFN2. The highest BCUT2D eigenvalue weighted by Gasteiger charge is 2.29. The molecule has 1 aromatic rings. The van der Waals surface area contributed by atoms with Gasteiger partial charge < -0.3 is 5.32 Å².